The molecule has 4 aliphatic carbocycles. The molecule has 0 amide bonds. The van der Waals surface area contributed by atoms with Crippen molar-refractivity contribution in [3.8, 4) is 0 Å². The Kier molecular flexibility index (Phi) is 11.0. The normalized spacial score (nSPS) is 23.4. The van der Waals surface area contributed by atoms with Gasteiger partial charge in [0.2, 0.25) is 0 Å². The zero-order chi connectivity index (χ0) is 44.3. The lowest BCUT2D eigenvalue weighted by Gasteiger charge is -2.71. The molecule has 4 aliphatic rings. The molecular weight excluding hydrogens is 793 g/mol. The van der Waals surface area contributed by atoms with Crippen molar-refractivity contribution >= 4 is 48.6 Å². The van der Waals surface area contributed by atoms with E-state index in [1.807, 2.05) is 0 Å². The second-order valence-corrected chi connectivity index (χ2v) is 19.6. The molecule has 0 spiro atoms. The summed E-state index contributed by atoms with van der Waals surface area (Å²) >= 11 is 0. The molecule has 0 unspecified atom stereocenters. The SMILES string of the molecule is C(=C\c1ccc(C23CC4(c5ccc(/C=C/c6ccccc6)cc5)CC(c5ccc(/C=C/c6ccccc6)cc5)(C2)CC(c2ccc(/C=C/c5ccccc5)cc2)(C3)C4)cc1)/c1ccccc1. The van der Waals surface area contributed by atoms with Crippen LogP contribution in [-0.4, -0.2) is 0 Å². The van der Waals surface area contributed by atoms with Crippen molar-refractivity contribution in [1.29, 1.82) is 0 Å². The van der Waals surface area contributed by atoms with E-state index in [9.17, 15) is 0 Å². The first-order valence-electron chi connectivity index (χ1n) is 23.8. The Morgan fingerprint density at radius 2 is 0.333 bits per heavy atom. The third-order valence-corrected chi connectivity index (χ3v) is 15.2. The molecule has 0 aliphatic heterocycles. The van der Waals surface area contributed by atoms with Gasteiger partial charge in [0, 0.05) is 0 Å². The Balaban J connectivity index is 1.02. The minimum atomic E-state index is -0.0138. The molecule has 0 saturated heterocycles. The molecule has 4 fully saturated rings. The Hall–Kier alpha value is -7.28. The largest absolute Gasteiger partial charge is 0.0622 e. The highest BCUT2D eigenvalue weighted by Crippen LogP contribution is 2.74. The first-order chi connectivity index (χ1) is 32.5. The van der Waals surface area contributed by atoms with Gasteiger partial charge in [-0.15, -0.1) is 0 Å². The molecule has 8 aromatic carbocycles. The molecule has 0 aromatic heterocycles. The molecule has 0 N–H and O–H groups in total. The summed E-state index contributed by atoms with van der Waals surface area (Å²) < 4.78 is 0. The average Bonchev–Trinajstić information content (AvgIpc) is 3.37. The van der Waals surface area contributed by atoms with E-state index in [2.05, 4.69) is 267 Å². The summed E-state index contributed by atoms with van der Waals surface area (Å²) in [5.74, 6) is 0. The quantitative estimate of drug-likeness (QED) is 0.107. The zero-order valence-corrected chi connectivity index (χ0v) is 37.6. The highest BCUT2D eigenvalue weighted by atomic mass is 14.7. The molecule has 0 heteroatoms. The van der Waals surface area contributed by atoms with E-state index >= 15 is 0 Å². The van der Waals surface area contributed by atoms with Crippen LogP contribution in [0.4, 0.5) is 0 Å². The van der Waals surface area contributed by atoms with Gasteiger partial charge in [0.15, 0.2) is 0 Å². The Bertz CT molecular complexity index is 2550. The monoisotopic (exact) mass is 848 g/mol. The number of hydrogen-bond acceptors (Lipinski definition) is 0. The predicted octanol–water partition coefficient (Wildman–Crippen LogP) is 16.8. The van der Waals surface area contributed by atoms with E-state index in [1.165, 1.54) is 66.8 Å². The second-order valence-electron chi connectivity index (χ2n) is 19.6. The minimum Gasteiger partial charge on any atom is -0.0622 e. The van der Waals surface area contributed by atoms with Gasteiger partial charge in [0.1, 0.15) is 0 Å². The van der Waals surface area contributed by atoms with E-state index in [0.717, 1.165) is 38.5 Å². The van der Waals surface area contributed by atoms with Gasteiger partial charge in [-0.25, -0.2) is 0 Å². The summed E-state index contributed by atoms with van der Waals surface area (Å²) in [6.45, 7) is 0. The smallest absolute Gasteiger partial charge is 0.00215 e. The lowest BCUT2D eigenvalue weighted by molar-refractivity contribution is -0.0691. The highest BCUT2D eigenvalue weighted by Gasteiger charge is 2.69. The van der Waals surface area contributed by atoms with Gasteiger partial charge in [0.25, 0.3) is 0 Å². The Morgan fingerprint density at radius 3 is 0.500 bits per heavy atom. The zero-order valence-electron chi connectivity index (χ0n) is 37.6. The standard InChI is InChI=1S/C66H56/c1-5-13-51(14-6-1)21-25-55-29-37-59(38-30-55)63-45-64(60-39-31-56(32-40-60)26-22-52-15-7-2-8-16-52)48-65(46-63,61-41-33-57(34-42-61)27-23-53-17-9-3-10-18-53)50-66(47-63,49-64)62-43-35-58(36-44-62)28-24-54-19-11-4-12-20-54/h1-44H,45-50H2/b25-21+,26-22+,27-23+,28-24+. The second kappa shape index (κ2) is 17.6. The first-order valence-corrected chi connectivity index (χ1v) is 23.8. The topological polar surface area (TPSA) is 0 Å². The fraction of sp³-hybridized carbons (Fsp3) is 0.152. The molecule has 8 aromatic rings. The van der Waals surface area contributed by atoms with Crippen LogP contribution in [0, 0.1) is 0 Å². The molecule has 0 nitrogen and oxygen atoms in total. The Labute approximate surface area is 392 Å². The lowest BCUT2D eigenvalue weighted by Crippen LogP contribution is -2.67. The van der Waals surface area contributed by atoms with Crippen molar-refractivity contribution in [3.05, 3.63) is 285 Å². The van der Waals surface area contributed by atoms with Gasteiger partial charge in [-0.3, -0.25) is 0 Å². The molecule has 0 atom stereocenters. The van der Waals surface area contributed by atoms with Crippen LogP contribution in [0.15, 0.2) is 218 Å². The van der Waals surface area contributed by atoms with Gasteiger partial charge < -0.3 is 0 Å². The van der Waals surface area contributed by atoms with Crippen LogP contribution < -0.4 is 0 Å². The van der Waals surface area contributed by atoms with E-state index in [0.29, 0.717) is 0 Å². The fourth-order valence-corrected chi connectivity index (χ4v) is 12.7. The maximum Gasteiger partial charge on any atom is -0.00215 e. The number of rotatable bonds is 12. The summed E-state index contributed by atoms with van der Waals surface area (Å²) in [5, 5.41) is 0. The average molecular weight is 849 g/mol. The van der Waals surface area contributed by atoms with E-state index in [4.69, 9.17) is 0 Å². The third-order valence-electron chi connectivity index (χ3n) is 15.2. The highest BCUT2D eigenvalue weighted by molar-refractivity contribution is 5.73. The van der Waals surface area contributed by atoms with Crippen molar-refractivity contribution in [2.24, 2.45) is 0 Å². The van der Waals surface area contributed by atoms with Crippen LogP contribution >= 0.6 is 0 Å². The van der Waals surface area contributed by atoms with Gasteiger partial charge in [-0.2, -0.15) is 0 Å². The van der Waals surface area contributed by atoms with E-state index < -0.39 is 0 Å². The van der Waals surface area contributed by atoms with Crippen LogP contribution in [0.2, 0.25) is 0 Å². The molecule has 66 heavy (non-hydrogen) atoms. The molecule has 320 valence electrons. The van der Waals surface area contributed by atoms with Crippen LogP contribution in [0.25, 0.3) is 48.6 Å². The van der Waals surface area contributed by atoms with Crippen molar-refractivity contribution in [3.63, 3.8) is 0 Å². The number of benzene rings is 8. The van der Waals surface area contributed by atoms with Gasteiger partial charge >= 0.3 is 0 Å². The van der Waals surface area contributed by atoms with Crippen molar-refractivity contribution < 1.29 is 0 Å². The maximum atomic E-state index is 2.49. The molecule has 4 bridgehead atoms. The van der Waals surface area contributed by atoms with Gasteiger partial charge in [-0.05, 0) is 127 Å². The Morgan fingerprint density at radius 1 is 0.182 bits per heavy atom. The van der Waals surface area contributed by atoms with Gasteiger partial charge in [0.05, 0.1) is 0 Å². The van der Waals surface area contributed by atoms with Crippen LogP contribution in [0.5, 0.6) is 0 Å². The first kappa shape index (κ1) is 41.4. The number of hydrogen-bond donors (Lipinski definition) is 0. The van der Waals surface area contributed by atoms with Crippen LogP contribution in [0.1, 0.15) is 105 Å². The van der Waals surface area contributed by atoms with Crippen LogP contribution in [-0.2, 0) is 21.7 Å². The third kappa shape index (κ3) is 8.41. The van der Waals surface area contributed by atoms with E-state index in [1.54, 1.807) is 0 Å². The lowest BCUT2D eigenvalue weighted by atomic mass is 9.32. The van der Waals surface area contributed by atoms with Crippen LogP contribution in [0.3, 0.4) is 0 Å². The van der Waals surface area contributed by atoms with Gasteiger partial charge in [-0.1, -0.05) is 267 Å². The fourth-order valence-electron chi connectivity index (χ4n) is 12.7. The predicted molar refractivity (Wildman–Crippen MR) is 282 cm³/mol. The molecule has 0 radical (unpaired) electrons. The van der Waals surface area contributed by atoms with E-state index in [-0.39, 0.29) is 21.7 Å². The summed E-state index contributed by atoms with van der Waals surface area (Å²) in [6, 6.07) is 81.4. The van der Waals surface area contributed by atoms with Crippen molar-refractivity contribution in [1.82, 2.24) is 0 Å². The molecule has 4 saturated carbocycles. The maximum absolute atomic E-state index is 2.49. The molecule has 12 rings (SSSR count). The minimum absolute atomic E-state index is 0.0138. The molecular formula is C66H56. The molecule has 0 heterocycles. The summed E-state index contributed by atoms with van der Waals surface area (Å²) in [6.07, 6.45) is 24.9. The van der Waals surface area contributed by atoms with Crippen molar-refractivity contribution in [2.45, 2.75) is 60.2 Å². The van der Waals surface area contributed by atoms with Crippen molar-refractivity contribution in [2.75, 3.05) is 0 Å². The summed E-state index contributed by atoms with van der Waals surface area (Å²) in [7, 11) is 0. The summed E-state index contributed by atoms with van der Waals surface area (Å²) in [4.78, 5) is 0. The summed E-state index contributed by atoms with van der Waals surface area (Å²) in [5.41, 5.74) is 15.7.